The highest BCUT2D eigenvalue weighted by Gasteiger charge is 2.37. The average molecular weight is 475 g/mol. The number of fused-ring (bicyclic) bond motifs is 1. The summed E-state index contributed by atoms with van der Waals surface area (Å²) in [6.45, 7) is 6.32. The molecule has 1 fully saturated rings. The first-order valence-corrected chi connectivity index (χ1v) is 11.4. The van der Waals surface area contributed by atoms with Crippen molar-refractivity contribution in [2.45, 2.75) is 26.8 Å². The Kier molecular flexibility index (Phi) is 7.02. The molecule has 0 spiro atoms. The van der Waals surface area contributed by atoms with Gasteiger partial charge in [0.25, 0.3) is 0 Å². The van der Waals surface area contributed by atoms with Crippen LogP contribution in [0.5, 0.6) is 0 Å². The van der Waals surface area contributed by atoms with Gasteiger partial charge in [0.05, 0.1) is 18.6 Å². The number of aryl methyl sites for hydroxylation is 1. The molecular weight excluding hydrogens is 444 g/mol. The van der Waals surface area contributed by atoms with Gasteiger partial charge in [-0.3, -0.25) is 9.98 Å². The molecule has 1 amide bonds. The molecular formula is C25H30N8O2. The number of aromatic nitrogens is 4. The molecule has 10 heteroatoms. The number of ether oxygens (including phenoxy) is 1. The molecule has 4 aromatic rings. The number of nitrogens with two attached hydrogens (primary N) is 2. The second kappa shape index (κ2) is 10.3. The second-order valence-electron chi connectivity index (χ2n) is 7.64. The van der Waals surface area contributed by atoms with Gasteiger partial charge >= 0.3 is 6.09 Å². The zero-order chi connectivity index (χ0) is 24.9. The number of anilines is 1. The van der Waals surface area contributed by atoms with Crippen LogP contribution >= 0.6 is 0 Å². The lowest BCUT2D eigenvalue weighted by atomic mass is 10.1. The van der Waals surface area contributed by atoms with Crippen LogP contribution in [0.2, 0.25) is 0 Å². The van der Waals surface area contributed by atoms with Gasteiger partial charge in [-0.15, -0.1) is 0 Å². The van der Waals surface area contributed by atoms with E-state index in [1.54, 1.807) is 29.2 Å². The van der Waals surface area contributed by atoms with Gasteiger partial charge in [0.2, 0.25) is 0 Å². The fraction of sp³-hybridized carbons (Fsp3) is 0.240. The van der Waals surface area contributed by atoms with Gasteiger partial charge in [0.1, 0.15) is 24.3 Å². The predicted octanol–water partition coefficient (Wildman–Crippen LogP) is 3.69. The number of benzene rings is 1. The van der Waals surface area contributed by atoms with E-state index in [2.05, 4.69) is 15.1 Å². The van der Waals surface area contributed by atoms with Gasteiger partial charge in [0.15, 0.2) is 5.65 Å². The fourth-order valence-corrected chi connectivity index (χ4v) is 3.84. The maximum Gasteiger partial charge on any atom is 0.416 e. The SMILES string of the molecule is CC.Cc1ccnc([C@H]2COC(=O)N2c2ccn3ncc(-c4ccc(/C(N)=N/CN)cc4)c3n2)c1.[HH]. The van der Waals surface area contributed by atoms with E-state index in [1.165, 1.54) is 4.90 Å². The van der Waals surface area contributed by atoms with Crippen LogP contribution in [0.15, 0.2) is 66.0 Å². The summed E-state index contributed by atoms with van der Waals surface area (Å²) in [5, 5.41) is 4.40. The molecule has 35 heavy (non-hydrogen) atoms. The molecule has 0 aliphatic carbocycles. The zero-order valence-electron chi connectivity index (χ0n) is 19.9. The van der Waals surface area contributed by atoms with E-state index in [-0.39, 0.29) is 20.7 Å². The molecule has 182 valence electrons. The lowest BCUT2D eigenvalue weighted by Gasteiger charge is -2.20. The van der Waals surface area contributed by atoms with Gasteiger partial charge in [-0.05, 0) is 36.2 Å². The Balaban J connectivity index is 0.00000117. The molecule has 10 nitrogen and oxygen atoms in total. The van der Waals surface area contributed by atoms with Crippen molar-refractivity contribution in [2.24, 2.45) is 16.5 Å². The van der Waals surface area contributed by atoms with Gasteiger partial charge < -0.3 is 16.2 Å². The molecule has 0 unspecified atom stereocenters. The lowest BCUT2D eigenvalue weighted by Crippen LogP contribution is -2.28. The Bertz CT molecular complexity index is 1370. The number of aliphatic imine (C=N–C) groups is 1. The van der Waals surface area contributed by atoms with Crippen molar-refractivity contribution < 1.29 is 11.0 Å². The number of cyclic esters (lactones) is 1. The standard InChI is InChI=1S/C23H22N8O2.C2H6.H2/c1-14-6-8-26-18(10-14)19-12-33-23(32)31(19)20-7-9-30-22(29-20)17(11-28-30)15-2-4-16(5-3-15)21(25)27-13-24;1-2;/h2-11,19H,12-13,24H2,1H3,(H2,25,27);1-2H3;1H/t19-;;/m1../s1. The van der Waals surface area contributed by atoms with Gasteiger partial charge in [0, 0.05) is 24.9 Å². The number of nitrogens with zero attached hydrogens (tertiary/aromatic N) is 6. The van der Waals surface area contributed by atoms with Crippen molar-refractivity contribution in [3.63, 3.8) is 0 Å². The Labute approximate surface area is 204 Å². The molecule has 1 aliphatic rings. The van der Waals surface area contributed by atoms with Crippen LogP contribution in [0.3, 0.4) is 0 Å². The van der Waals surface area contributed by atoms with Gasteiger partial charge in [-0.2, -0.15) is 5.10 Å². The van der Waals surface area contributed by atoms with Crippen LogP contribution < -0.4 is 16.4 Å². The van der Waals surface area contributed by atoms with Crippen molar-refractivity contribution in [1.29, 1.82) is 0 Å². The summed E-state index contributed by atoms with van der Waals surface area (Å²) < 4.78 is 7.01. The zero-order valence-corrected chi connectivity index (χ0v) is 19.9. The Morgan fingerprint density at radius 3 is 2.71 bits per heavy atom. The van der Waals surface area contributed by atoms with Crippen LogP contribution in [-0.4, -0.2) is 44.8 Å². The topological polar surface area (TPSA) is 137 Å². The highest BCUT2D eigenvalue weighted by atomic mass is 16.6. The van der Waals surface area contributed by atoms with Gasteiger partial charge in [-0.25, -0.2) is 19.2 Å². The highest BCUT2D eigenvalue weighted by Crippen LogP contribution is 2.33. The van der Waals surface area contributed by atoms with Gasteiger partial charge in [-0.1, -0.05) is 38.1 Å². The van der Waals surface area contributed by atoms with Crippen LogP contribution in [-0.2, 0) is 4.74 Å². The highest BCUT2D eigenvalue weighted by molar-refractivity contribution is 5.98. The number of hydrogen-bond donors (Lipinski definition) is 2. The summed E-state index contributed by atoms with van der Waals surface area (Å²) in [7, 11) is 0. The van der Waals surface area contributed by atoms with Crippen molar-refractivity contribution >= 4 is 23.4 Å². The molecule has 4 N–H and O–H groups in total. The van der Waals surface area contributed by atoms with Crippen molar-refractivity contribution in [2.75, 3.05) is 18.2 Å². The molecule has 3 aromatic heterocycles. The summed E-state index contributed by atoms with van der Waals surface area (Å²) in [6.07, 6.45) is 4.78. The molecule has 0 saturated carbocycles. The molecule has 1 saturated heterocycles. The summed E-state index contributed by atoms with van der Waals surface area (Å²) in [5.74, 6) is 0.851. The quantitative estimate of drug-likeness (QED) is 0.332. The number of amides is 1. The first-order valence-electron chi connectivity index (χ1n) is 11.4. The van der Waals surface area contributed by atoms with E-state index in [0.717, 1.165) is 27.9 Å². The third-order valence-electron chi connectivity index (χ3n) is 5.51. The number of rotatable bonds is 5. The normalized spacial score (nSPS) is 15.7. The average Bonchev–Trinajstić information content (AvgIpc) is 3.48. The first kappa shape index (κ1) is 23.8. The minimum absolute atomic E-state index is 0. The molecule has 1 aliphatic heterocycles. The number of pyridine rings is 1. The number of hydrogen-bond acceptors (Lipinski definition) is 7. The van der Waals surface area contributed by atoms with Crippen LogP contribution in [0.1, 0.15) is 38.1 Å². The third kappa shape index (κ3) is 4.69. The minimum Gasteiger partial charge on any atom is -0.446 e. The minimum atomic E-state index is -0.458. The molecule has 1 aromatic carbocycles. The van der Waals surface area contributed by atoms with E-state index < -0.39 is 6.09 Å². The molecule has 1 atom stereocenters. The predicted molar refractivity (Wildman–Crippen MR) is 137 cm³/mol. The van der Waals surface area contributed by atoms with Crippen LogP contribution in [0.4, 0.5) is 10.6 Å². The lowest BCUT2D eigenvalue weighted by molar-refractivity contribution is 0.178. The molecule has 0 bridgehead atoms. The summed E-state index contributed by atoms with van der Waals surface area (Å²) >= 11 is 0. The number of carbonyl (C=O) groups excluding carboxylic acids is 1. The molecule has 4 heterocycles. The second-order valence-corrected chi connectivity index (χ2v) is 7.64. The summed E-state index contributed by atoms with van der Waals surface area (Å²) in [4.78, 5) is 27.4. The first-order chi connectivity index (χ1) is 17.0. The summed E-state index contributed by atoms with van der Waals surface area (Å²) in [6, 6.07) is 12.8. The van der Waals surface area contributed by atoms with E-state index in [4.69, 9.17) is 21.2 Å². The van der Waals surface area contributed by atoms with E-state index in [1.807, 2.05) is 57.2 Å². The maximum absolute atomic E-state index is 12.6. The largest absolute Gasteiger partial charge is 0.446 e. The monoisotopic (exact) mass is 474 g/mol. The Morgan fingerprint density at radius 2 is 2.00 bits per heavy atom. The number of carbonyl (C=O) groups is 1. The van der Waals surface area contributed by atoms with E-state index >= 15 is 0 Å². The fourth-order valence-electron chi connectivity index (χ4n) is 3.84. The Morgan fingerprint density at radius 1 is 1.23 bits per heavy atom. The number of amidine groups is 1. The van der Waals surface area contributed by atoms with Crippen molar-refractivity contribution in [1.82, 2.24) is 19.6 Å². The van der Waals surface area contributed by atoms with Crippen molar-refractivity contribution in [3.8, 4) is 11.1 Å². The molecule has 5 rings (SSSR count). The summed E-state index contributed by atoms with van der Waals surface area (Å²) in [5.41, 5.74) is 16.3. The van der Waals surface area contributed by atoms with E-state index in [9.17, 15) is 4.79 Å². The van der Waals surface area contributed by atoms with Crippen LogP contribution in [0.25, 0.3) is 16.8 Å². The maximum atomic E-state index is 12.6. The van der Waals surface area contributed by atoms with Crippen molar-refractivity contribution in [3.05, 3.63) is 77.9 Å². The Hall–Kier alpha value is -4.31. The third-order valence-corrected chi connectivity index (χ3v) is 5.51. The molecule has 0 radical (unpaired) electrons. The van der Waals surface area contributed by atoms with E-state index in [0.29, 0.717) is 17.3 Å². The van der Waals surface area contributed by atoms with Crippen LogP contribution in [0, 0.1) is 6.92 Å². The smallest absolute Gasteiger partial charge is 0.416 e.